The molecule has 0 radical (unpaired) electrons. The van der Waals surface area contributed by atoms with Crippen molar-refractivity contribution >= 4 is 16.8 Å². The molecule has 0 saturated carbocycles. The second kappa shape index (κ2) is 8.75. The van der Waals surface area contributed by atoms with Crippen molar-refractivity contribution in [2.24, 2.45) is 7.05 Å². The van der Waals surface area contributed by atoms with E-state index in [0.717, 1.165) is 39.2 Å². The van der Waals surface area contributed by atoms with E-state index < -0.39 is 0 Å². The Morgan fingerprint density at radius 1 is 1.09 bits per heavy atom. The van der Waals surface area contributed by atoms with Gasteiger partial charge in [-0.25, -0.2) is 0 Å². The largest absolute Gasteiger partial charge is 0.454 e. The van der Waals surface area contributed by atoms with Crippen LogP contribution in [0, 0.1) is 0 Å². The van der Waals surface area contributed by atoms with Crippen molar-refractivity contribution in [1.29, 1.82) is 0 Å². The van der Waals surface area contributed by atoms with Crippen LogP contribution in [-0.4, -0.2) is 28.8 Å². The smallest absolute Gasteiger partial charge is 0.231 e. The number of pyridine rings is 1. The van der Waals surface area contributed by atoms with Crippen molar-refractivity contribution in [3.63, 3.8) is 0 Å². The van der Waals surface area contributed by atoms with Crippen molar-refractivity contribution in [3.05, 3.63) is 89.9 Å². The maximum absolute atomic E-state index is 13.0. The van der Waals surface area contributed by atoms with E-state index in [9.17, 15) is 4.79 Å². The molecule has 0 fully saturated rings. The number of aromatic nitrogens is 2. The number of carbonyl (C=O) groups excluding carboxylic acids is 1. The summed E-state index contributed by atoms with van der Waals surface area (Å²) in [7, 11) is 2.04. The lowest BCUT2D eigenvalue weighted by Crippen LogP contribution is -2.27. The van der Waals surface area contributed by atoms with Gasteiger partial charge in [0.2, 0.25) is 12.7 Å². The zero-order chi connectivity index (χ0) is 21.9. The fraction of sp³-hybridized carbons (Fsp3) is 0.231. The number of hydrogen-bond acceptors (Lipinski definition) is 4. The minimum absolute atomic E-state index is 0.0107. The summed E-state index contributed by atoms with van der Waals surface area (Å²) >= 11 is 0. The molecule has 1 aliphatic heterocycles. The quantitative estimate of drug-likeness (QED) is 0.481. The molecule has 0 aliphatic carbocycles. The van der Waals surface area contributed by atoms with Gasteiger partial charge in [-0.05, 0) is 41.5 Å². The molecule has 3 heterocycles. The summed E-state index contributed by atoms with van der Waals surface area (Å²) in [6.07, 6.45) is 4.94. The predicted molar refractivity (Wildman–Crippen MR) is 123 cm³/mol. The molecule has 6 nitrogen and oxygen atoms in total. The Balaban J connectivity index is 1.41. The number of aryl methyl sites for hydroxylation is 1. The Hall–Kier alpha value is -3.80. The number of nitrogens with one attached hydrogen (secondary N) is 1. The van der Waals surface area contributed by atoms with Crippen LogP contribution in [0.5, 0.6) is 11.5 Å². The van der Waals surface area contributed by atoms with Gasteiger partial charge in [-0.15, -0.1) is 0 Å². The van der Waals surface area contributed by atoms with Gasteiger partial charge in [-0.3, -0.25) is 9.78 Å². The first-order valence-electron chi connectivity index (χ1n) is 10.8. The van der Waals surface area contributed by atoms with E-state index >= 15 is 0 Å². The summed E-state index contributed by atoms with van der Waals surface area (Å²) in [6, 6.07) is 20.1. The van der Waals surface area contributed by atoms with E-state index in [1.807, 2.05) is 55.6 Å². The number of rotatable bonds is 7. The molecule has 1 atom stereocenters. The minimum Gasteiger partial charge on any atom is -0.454 e. The van der Waals surface area contributed by atoms with Gasteiger partial charge in [-0.2, -0.15) is 0 Å². The molecule has 32 heavy (non-hydrogen) atoms. The first-order chi connectivity index (χ1) is 15.7. The summed E-state index contributed by atoms with van der Waals surface area (Å²) in [6.45, 7) is 0.783. The zero-order valence-corrected chi connectivity index (χ0v) is 18.0. The summed E-state index contributed by atoms with van der Waals surface area (Å²) in [4.78, 5) is 17.3. The van der Waals surface area contributed by atoms with Crippen LogP contribution in [0.15, 0.2) is 73.1 Å². The molecule has 1 amide bonds. The van der Waals surface area contributed by atoms with Crippen molar-refractivity contribution in [1.82, 2.24) is 14.9 Å². The van der Waals surface area contributed by atoms with E-state index in [2.05, 4.69) is 33.2 Å². The number of benzene rings is 2. The molecule has 1 aliphatic rings. The Morgan fingerprint density at radius 3 is 2.81 bits per heavy atom. The highest BCUT2D eigenvalue weighted by Gasteiger charge is 2.24. The molecular formula is C26H25N3O3. The van der Waals surface area contributed by atoms with Gasteiger partial charge < -0.3 is 19.4 Å². The second-order valence-corrected chi connectivity index (χ2v) is 8.00. The van der Waals surface area contributed by atoms with Gasteiger partial charge in [0, 0.05) is 61.3 Å². The Bertz CT molecular complexity index is 1250. The standard InChI is InChI=1S/C26H25N3O3/c1-29-16-22(20-7-2-3-8-23(20)29)21(18-9-10-24-25(14-18)32-17-31-24)15-26(30)28-13-11-19-6-4-5-12-27-19/h2-10,12,14,16,21H,11,13,15,17H2,1H3,(H,28,30). The maximum Gasteiger partial charge on any atom is 0.231 e. The first kappa shape index (κ1) is 20.1. The van der Waals surface area contributed by atoms with Crippen molar-refractivity contribution in [2.75, 3.05) is 13.3 Å². The van der Waals surface area contributed by atoms with Crippen molar-refractivity contribution < 1.29 is 14.3 Å². The van der Waals surface area contributed by atoms with E-state index in [1.54, 1.807) is 6.20 Å². The van der Waals surface area contributed by atoms with Gasteiger partial charge >= 0.3 is 0 Å². The van der Waals surface area contributed by atoms with E-state index in [-0.39, 0.29) is 18.6 Å². The Kier molecular flexibility index (Phi) is 5.50. The molecule has 0 bridgehead atoms. The van der Waals surface area contributed by atoms with Crippen LogP contribution in [0.1, 0.15) is 29.2 Å². The number of para-hydroxylation sites is 1. The molecule has 6 heteroatoms. The van der Waals surface area contributed by atoms with Crippen LogP contribution >= 0.6 is 0 Å². The third-order valence-electron chi connectivity index (χ3n) is 5.92. The van der Waals surface area contributed by atoms with E-state index in [0.29, 0.717) is 19.4 Å². The molecule has 1 unspecified atom stereocenters. The summed E-state index contributed by atoms with van der Waals surface area (Å²) in [5.74, 6) is 1.37. The Morgan fingerprint density at radius 2 is 1.94 bits per heavy atom. The SMILES string of the molecule is Cn1cc(C(CC(=O)NCCc2ccccn2)c2ccc3c(c2)OCO3)c2ccccc21. The van der Waals surface area contributed by atoms with Gasteiger partial charge in [0.15, 0.2) is 11.5 Å². The predicted octanol–water partition coefficient (Wildman–Crippen LogP) is 4.18. The fourth-order valence-electron chi connectivity index (χ4n) is 4.32. The molecule has 2 aromatic heterocycles. The lowest BCUT2D eigenvalue weighted by Gasteiger charge is -2.18. The molecule has 1 N–H and O–H groups in total. The Labute approximate surface area is 186 Å². The second-order valence-electron chi connectivity index (χ2n) is 8.00. The van der Waals surface area contributed by atoms with Crippen molar-refractivity contribution in [3.8, 4) is 11.5 Å². The molecule has 5 rings (SSSR count). The number of carbonyl (C=O) groups is 1. The molecule has 2 aromatic carbocycles. The van der Waals surface area contributed by atoms with Gasteiger partial charge in [0.25, 0.3) is 0 Å². The number of nitrogens with zero attached hydrogens (tertiary/aromatic N) is 2. The van der Waals surface area contributed by atoms with E-state index in [1.165, 1.54) is 0 Å². The third-order valence-corrected chi connectivity index (χ3v) is 5.92. The average molecular weight is 428 g/mol. The van der Waals surface area contributed by atoms with Crippen LogP contribution < -0.4 is 14.8 Å². The molecule has 0 spiro atoms. The minimum atomic E-state index is -0.106. The van der Waals surface area contributed by atoms with Gasteiger partial charge in [-0.1, -0.05) is 30.3 Å². The molecular weight excluding hydrogens is 402 g/mol. The number of amides is 1. The van der Waals surface area contributed by atoms with Crippen LogP contribution in [-0.2, 0) is 18.3 Å². The summed E-state index contributed by atoms with van der Waals surface area (Å²) in [5.41, 5.74) is 4.27. The van der Waals surface area contributed by atoms with E-state index in [4.69, 9.17) is 9.47 Å². The molecule has 4 aromatic rings. The monoisotopic (exact) mass is 427 g/mol. The van der Waals surface area contributed by atoms with Crippen LogP contribution in [0.2, 0.25) is 0 Å². The topological polar surface area (TPSA) is 65.4 Å². The van der Waals surface area contributed by atoms with Gasteiger partial charge in [0.05, 0.1) is 0 Å². The summed E-state index contributed by atoms with van der Waals surface area (Å²) in [5, 5.41) is 4.22. The van der Waals surface area contributed by atoms with Crippen LogP contribution in [0.25, 0.3) is 10.9 Å². The lowest BCUT2D eigenvalue weighted by atomic mass is 9.87. The normalized spacial score (nSPS) is 13.3. The summed E-state index contributed by atoms with van der Waals surface area (Å²) < 4.78 is 13.2. The zero-order valence-electron chi connectivity index (χ0n) is 18.0. The van der Waals surface area contributed by atoms with Crippen molar-refractivity contribution in [2.45, 2.75) is 18.8 Å². The van der Waals surface area contributed by atoms with Crippen LogP contribution in [0.4, 0.5) is 0 Å². The number of fused-ring (bicyclic) bond motifs is 2. The van der Waals surface area contributed by atoms with Gasteiger partial charge in [0.1, 0.15) is 0 Å². The molecule has 0 saturated heterocycles. The lowest BCUT2D eigenvalue weighted by molar-refractivity contribution is -0.121. The highest BCUT2D eigenvalue weighted by atomic mass is 16.7. The maximum atomic E-state index is 13.0. The highest BCUT2D eigenvalue weighted by molar-refractivity contribution is 5.86. The first-order valence-corrected chi connectivity index (χ1v) is 10.8. The average Bonchev–Trinajstić information content (AvgIpc) is 3.42. The highest BCUT2D eigenvalue weighted by Crippen LogP contribution is 2.39. The fourth-order valence-corrected chi connectivity index (χ4v) is 4.32. The molecule has 162 valence electrons. The number of hydrogen-bond donors (Lipinski definition) is 1. The third kappa shape index (κ3) is 4.04. The van der Waals surface area contributed by atoms with Crippen LogP contribution in [0.3, 0.4) is 0 Å². The number of ether oxygens (including phenoxy) is 2.